The van der Waals surface area contributed by atoms with Crippen LogP contribution in [0.3, 0.4) is 0 Å². The van der Waals surface area contributed by atoms with Gasteiger partial charge in [-0.05, 0) is 18.1 Å². The Balaban J connectivity index is 1.85. The van der Waals surface area contributed by atoms with Crippen LogP contribution >= 0.6 is 0 Å². The Bertz CT molecular complexity index is 445. The quantitative estimate of drug-likeness (QED) is 0.845. The number of rotatable bonds is 6. The maximum Gasteiger partial charge on any atom is 0.0962 e. The maximum atomic E-state index is 5.82. The predicted molar refractivity (Wildman–Crippen MR) is 72.1 cm³/mol. The average molecular weight is 242 g/mol. The molecule has 1 unspecified atom stereocenters. The van der Waals surface area contributed by atoms with E-state index in [2.05, 4.69) is 17.1 Å². The molecule has 3 heteroatoms. The van der Waals surface area contributed by atoms with Crippen LogP contribution in [0.1, 0.15) is 17.2 Å². The minimum absolute atomic E-state index is 0.0672. The van der Waals surface area contributed by atoms with Crippen LogP contribution in [0.25, 0.3) is 0 Å². The molecule has 2 N–H and O–H groups in total. The minimum atomic E-state index is -0.0672. The van der Waals surface area contributed by atoms with Crippen LogP contribution in [-0.4, -0.2) is 18.1 Å². The van der Waals surface area contributed by atoms with E-state index in [1.54, 1.807) is 12.4 Å². The Hall–Kier alpha value is -1.71. The van der Waals surface area contributed by atoms with Crippen LogP contribution in [0.4, 0.5) is 0 Å². The van der Waals surface area contributed by atoms with E-state index in [1.165, 1.54) is 5.56 Å². The van der Waals surface area contributed by atoms with Gasteiger partial charge >= 0.3 is 0 Å². The van der Waals surface area contributed by atoms with Crippen LogP contribution < -0.4 is 5.73 Å². The van der Waals surface area contributed by atoms with E-state index in [1.807, 2.05) is 30.3 Å². The smallest absolute Gasteiger partial charge is 0.0962 e. The summed E-state index contributed by atoms with van der Waals surface area (Å²) < 4.78 is 5.82. The fourth-order valence-electron chi connectivity index (χ4n) is 1.83. The van der Waals surface area contributed by atoms with Gasteiger partial charge < -0.3 is 10.5 Å². The first kappa shape index (κ1) is 12.7. The van der Waals surface area contributed by atoms with Crippen LogP contribution in [0.15, 0.2) is 54.9 Å². The zero-order chi connectivity index (χ0) is 12.6. The van der Waals surface area contributed by atoms with Gasteiger partial charge in [0, 0.05) is 24.5 Å². The van der Waals surface area contributed by atoms with Crippen LogP contribution in [0.2, 0.25) is 0 Å². The number of aromatic nitrogens is 1. The first-order valence-corrected chi connectivity index (χ1v) is 6.15. The molecule has 0 saturated heterocycles. The SMILES string of the molecule is NCC(OCCc1ccccc1)c1cccnc1. The molecule has 0 aliphatic rings. The number of nitrogens with zero attached hydrogens (tertiary/aromatic N) is 1. The van der Waals surface area contributed by atoms with Gasteiger partial charge in [0.15, 0.2) is 0 Å². The van der Waals surface area contributed by atoms with Crippen molar-refractivity contribution in [2.75, 3.05) is 13.2 Å². The van der Waals surface area contributed by atoms with Crippen molar-refractivity contribution in [3.63, 3.8) is 0 Å². The normalized spacial score (nSPS) is 12.3. The first-order chi connectivity index (χ1) is 8.90. The summed E-state index contributed by atoms with van der Waals surface area (Å²) in [6.45, 7) is 1.14. The molecular formula is C15H18N2O. The van der Waals surface area contributed by atoms with E-state index in [0.29, 0.717) is 13.2 Å². The fourth-order valence-corrected chi connectivity index (χ4v) is 1.83. The standard InChI is InChI=1S/C15H18N2O/c16-11-15(14-7-4-9-17-12-14)18-10-8-13-5-2-1-3-6-13/h1-7,9,12,15H,8,10-11,16H2. The third-order valence-electron chi connectivity index (χ3n) is 2.82. The first-order valence-electron chi connectivity index (χ1n) is 6.15. The molecule has 3 nitrogen and oxygen atoms in total. The number of ether oxygens (including phenoxy) is 1. The van der Waals surface area contributed by atoms with Crippen molar-refractivity contribution in [3.05, 3.63) is 66.0 Å². The Labute approximate surface area is 108 Å². The summed E-state index contributed by atoms with van der Waals surface area (Å²) in [5, 5.41) is 0. The molecule has 1 heterocycles. The van der Waals surface area contributed by atoms with Crippen molar-refractivity contribution >= 4 is 0 Å². The molecule has 0 aliphatic carbocycles. The van der Waals surface area contributed by atoms with Gasteiger partial charge in [0.2, 0.25) is 0 Å². The lowest BCUT2D eigenvalue weighted by atomic mass is 10.1. The molecule has 0 saturated carbocycles. The Morgan fingerprint density at radius 1 is 1.11 bits per heavy atom. The van der Waals surface area contributed by atoms with E-state index in [0.717, 1.165) is 12.0 Å². The third kappa shape index (κ3) is 3.65. The summed E-state index contributed by atoms with van der Waals surface area (Å²) >= 11 is 0. The maximum absolute atomic E-state index is 5.82. The van der Waals surface area contributed by atoms with Gasteiger partial charge in [-0.2, -0.15) is 0 Å². The molecule has 94 valence electrons. The molecule has 0 aliphatic heterocycles. The molecule has 1 aromatic heterocycles. The van der Waals surface area contributed by atoms with Crippen LogP contribution in [0, 0.1) is 0 Å². The van der Waals surface area contributed by atoms with Gasteiger partial charge in [-0.15, -0.1) is 0 Å². The summed E-state index contributed by atoms with van der Waals surface area (Å²) in [6, 6.07) is 14.2. The summed E-state index contributed by atoms with van der Waals surface area (Å²) in [6.07, 6.45) is 4.39. The average Bonchev–Trinajstić information content (AvgIpc) is 2.46. The highest BCUT2D eigenvalue weighted by atomic mass is 16.5. The van der Waals surface area contributed by atoms with E-state index in [-0.39, 0.29) is 6.10 Å². The van der Waals surface area contributed by atoms with Gasteiger partial charge in [0.05, 0.1) is 12.7 Å². The lowest BCUT2D eigenvalue weighted by molar-refractivity contribution is 0.0606. The van der Waals surface area contributed by atoms with E-state index < -0.39 is 0 Å². The molecule has 0 radical (unpaired) electrons. The van der Waals surface area contributed by atoms with E-state index in [4.69, 9.17) is 10.5 Å². The molecule has 0 fully saturated rings. The van der Waals surface area contributed by atoms with Crippen molar-refractivity contribution in [3.8, 4) is 0 Å². The molecule has 2 aromatic rings. The molecule has 2 rings (SSSR count). The van der Waals surface area contributed by atoms with Gasteiger partial charge in [0.25, 0.3) is 0 Å². The highest BCUT2D eigenvalue weighted by molar-refractivity contribution is 5.15. The number of hydrogen-bond donors (Lipinski definition) is 1. The van der Waals surface area contributed by atoms with Crippen molar-refractivity contribution in [1.82, 2.24) is 4.98 Å². The van der Waals surface area contributed by atoms with E-state index >= 15 is 0 Å². The fraction of sp³-hybridized carbons (Fsp3) is 0.267. The Morgan fingerprint density at radius 2 is 1.94 bits per heavy atom. The third-order valence-corrected chi connectivity index (χ3v) is 2.82. The van der Waals surface area contributed by atoms with Gasteiger partial charge in [0.1, 0.15) is 0 Å². The summed E-state index contributed by atoms with van der Waals surface area (Å²) in [5.74, 6) is 0. The lowest BCUT2D eigenvalue weighted by Gasteiger charge is -2.15. The van der Waals surface area contributed by atoms with Gasteiger partial charge in [-0.25, -0.2) is 0 Å². The number of hydrogen-bond acceptors (Lipinski definition) is 3. The van der Waals surface area contributed by atoms with Gasteiger partial charge in [-0.1, -0.05) is 36.4 Å². The number of benzene rings is 1. The highest BCUT2D eigenvalue weighted by Crippen LogP contribution is 2.15. The summed E-state index contributed by atoms with van der Waals surface area (Å²) in [5.41, 5.74) is 8.04. The zero-order valence-electron chi connectivity index (χ0n) is 10.3. The number of pyridine rings is 1. The highest BCUT2D eigenvalue weighted by Gasteiger charge is 2.09. The lowest BCUT2D eigenvalue weighted by Crippen LogP contribution is -2.17. The Kier molecular flexibility index (Phi) is 4.88. The minimum Gasteiger partial charge on any atom is -0.372 e. The molecular weight excluding hydrogens is 224 g/mol. The summed E-state index contributed by atoms with van der Waals surface area (Å²) in [7, 11) is 0. The molecule has 0 bridgehead atoms. The van der Waals surface area contributed by atoms with E-state index in [9.17, 15) is 0 Å². The molecule has 1 aromatic carbocycles. The second-order valence-corrected chi connectivity index (χ2v) is 4.12. The predicted octanol–water partition coefficient (Wildman–Crippen LogP) is 2.34. The largest absolute Gasteiger partial charge is 0.372 e. The second-order valence-electron chi connectivity index (χ2n) is 4.12. The number of nitrogens with two attached hydrogens (primary N) is 1. The van der Waals surface area contributed by atoms with Gasteiger partial charge in [-0.3, -0.25) is 4.98 Å². The van der Waals surface area contributed by atoms with Crippen LogP contribution in [0.5, 0.6) is 0 Å². The molecule has 1 atom stereocenters. The topological polar surface area (TPSA) is 48.1 Å². The zero-order valence-corrected chi connectivity index (χ0v) is 10.3. The van der Waals surface area contributed by atoms with Crippen molar-refractivity contribution in [1.29, 1.82) is 0 Å². The van der Waals surface area contributed by atoms with Crippen molar-refractivity contribution in [2.24, 2.45) is 5.73 Å². The molecule has 0 spiro atoms. The van der Waals surface area contributed by atoms with Crippen molar-refractivity contribution in [2.45, 2.75) is 12.5 Å². The van der Waals surface area contributed by atoms with Crippen LogP contribution in [-0.2, 0) is 11.2 Å². The monoisotopic (exact) mass is 242 g/mol. The molecule has 0 amide bonds. The molecule has 18 heavy (non-hydrogen) atoms. The second kappa shape index (κ2) is 6.89. The van der Waals surface area contributed by atoms with Crippen molar-refractivity contribution < 1.29 is 4.74 Å². The Morgan fingerprint density at radius 3 is 2.61 bits per heavy atom. The summed E-state index contributed by atoms with van der Waals surface area (Å²) in [4.78, 5) is 4.08.